The largest absolute Gasteiger partial charge is 0.456 e. The smallest absolute Gasteiger partial charge is 0.136 e. The molecule has 0 bridgehead atoms. The van der Waals surface area contributed by atoms with E-state index in [1.807, 2.05) is 0 Å². The molecule has 0 N–H and O–H groups in total. The van der Waals surface area contributed by atoms with Gasteiger partial charge in [0.05, 0.1) is 5.69 Å². The van der Waals surface area contributed by atoms with Crippen molar-refractivity contribution in [3.63, 3.8) is 0 Å². The molecular weight excluding hydrogens is 1010 g/mol. The second-order valence-corrected chi connectivity index (χ2v) is 27.1. The molecular formula is C80H71NO2. The first kappa shape index (κ1) is 50.3. The molecule has 0 saturated heterocycles. The van der Waals surface area contributed by atoms with Gasteiger partial charge in [0.1, 0.15) is 22.3 Å². The lowest BCUT2D eigenvalue weighted by atomic mass is 9.62. The average molecular weight is 1080 g/mol. The zero-order chi connectivity index (χ0) is 57.0. The van der Waals surface area contributed by atoms with Crippen molar-refractivity contribution in [2.75, 3.05) is 4.90 Å². The molecule has 0 fully saturated rings. The highest BCUT2D eigenvalue weighted by Crippen LogP contribution is 2.65. The summed E-state index contributed by atoms with van der Waals surface area (Å²) < 4.78 is 13.3. The van der Waals surface area contributed by atoms with Crippen LogP contribution in [0.3, 0.4) is 0 Å². The van der Waals surface area contributed by atoms with Crippen molar-refractivity contribution in [1.29, 1.82) is 0 Å². The molecule has 408 valence electrons. The van der Waals surface area contributed by atoms with Crippen molar-refractivity contribution >= 4 is 60.9 Å². The SMILES string of the molecule is CC(C)C1(C(C)C)c2cc3c(cc2-c2c1ccc1oc4ccccc4c21)C(C)(C)c1cc(N(c2ccc4c(c2)C(C)(C)c2cc5c(cc2-4)C(C(C)C)(C(C)C)c2ccc4oc6ccccc6c4c2-5)c2ccccc2-c2ccccc2)ccc1-3. The van der Waals surface area contributed by atoms with Crippen LogP contribution >= 0.6 is 0 Å². The van der Waals surface area contributed by atoms with Gasteiger partial charge in [-0.1, -0.05) is 192 Å². The minimum atomic E-state index is -0.302. The molecule has 0 saturated carbocycles. The van der Waals surface area contributed by atoms with Gasteiger partial charge in [-0.3, -0.25) is 0 Å². The number of furan rings is 2. The summed E-state index contributed by atoms with van der Waals surface area (Å²) >= 11 is 0. The summed E-state index contributed by atoms with van der Waals surface area (Å²) in [5.41, 5.74) is 30.6. The average Bonchev–Trinajstić information content (AvgIpc) is 1.67. The number of hydrogen-bond donors (Lipinski definition) is 0. The van der Waals surface area contributed by atoms with Gasteiger partial charge >= 0.3 is 0 Å². The van der Waals surface area contributed by atoms with Crippen molar-refractivity contribution in [2.24, 2.45) is 23.7 Å². The lowest BCUT2D eigenvalue weighted by Crippen LogP contribution is -2.37. The summed E-state index contributed by atoms with van der Waals surface area (Å²) in [4.78, 5) is 2.56. The maximum Gasteiger partial charge on any atom is 0.136 e. The quantitative estimate of drug-likeness (QED) is 0.152. The van der Waals surface area contributed by atoms with Gasteiger partial charge in [-0.25, -0.2) is 0 Å². The topological polar surface area (TPSA) is 29.5 Å². The van der Waals surface area contributed by atoms with Crippen LogP contribution in [0, 0.1) is 23.7 Å². The van der Waals surface area contributed by atoms with Gasteiger partial charge in [-0.05, 0) is 197 Å². The maximum atomic E-state index is 6.63. The highest BCUT2D eigenvalue weighted by molar-refractivity contribution is 6.17. The van der Waals surface area contributed by atoms with Gasteiger partial charge in [0.2, 0.25) is 0 Å². The van der Waals surface area contributed by atoms with Crippen LogP contribution in [0.25, 0.3) is 99.5 Å². The first-order valence-corrected chi connectivity index (χ1v) is 30.5. The van der Waals surface area contributed by atoms with Crippen LogP contribution in [0.15, 0.2) is 197 Å². The maximum absolute atomic E-state index is 6.63. The standard InChI is InChI=1S/C80H71NO2/c1-44(2)79(45(3)4)60-34-36-71-75(54-25-17-20-28-69(54)82-71)73(60)58-42-64-56(40-66(58)79)52-32-30-49(38-62(52)77(64,9)10)81(68-27-19-16-24-51(68)48-22-14-13-15-23-48)50-31-33-53-57-41-67-59(43-65(57)78(11,12)63(53)39-50)74-61(80(67,46(5)6)47(7)8)35-37-72-76(74)55-26-18-21-29-70(55)83-72/h13-47H,1-12H3. The molecule has 3 heteroatoms. The van der Waals surface area contributed by atoms with Gasteiger partial charge in [0, 0.05) is 60.1 Å². The Bertz CT molecular complexity index is 4480. The highest BCUT2D eigenvalue weighted by atomic mass is 16.3. The van der Waals surface area contributed by atoms with E-state index in [-0.39, 0.29) is 21.7 Å². The minimum absolute atomic E-state index is 0.185. The number of benzene rings is 10. The van der Waals surface area contributed by atoms with E-state index in [1.54, 1.807) is 0 Å². The van der Waals surface area contributed by atoms with Crippen LogP contribution < -0.4 is 4.90 Å². The van der Waals surface area contributed by atoms with Crippen LogP contribution in [-0.4, -0.2) is 0 Å². The number of anilines is 3. The van der Waals surface area contributed by atoms with Gasteiger partial charge in [-0.2, -0.15) is 0 Å². The van der Waals surface area contributed by atoms with E-state index in [9.17, 15) is 0 Å². The Labute approximate surface area is 488 Å². The summed E-state index contributed by atoms with van der Waals surface area (Å²) in [5.74, 6) is 1.43. The molecule has 2 heterocycles. The highest BCUT2D eigenvalue weighted by Gasteiger charge is 2.53. The Kier molecular flexibility index (Phi) is 10.4. The minimum Gasteiger partial charge on any atom is -0.456 e. The Morgan fingerprint density at radius 3 is 1.17 bits per heavy atom. The molecule has 0 radical (unpaired) electrons. The van der Waals surface area contributed by atoms with Crippen LogP contribution in [-0.2, 0) is 21.7 Å². The predicted molar refractivity (Wildman–Crippen MR) is 348 cm³/mol. The molecule has 3 nitrogen and oxygen atoms in total. The van der Waals surface area contributed by atoms with Crippen molar-refractivity contribution in [3.05, 3.63) is 233 Å². The van der Waals surface area contributed by atoms with Crippen molar-refractivity contribution in [2.45, 2.75) is 105 Å². The van der Waals surface area contributed by atoms with Crippen molar-refractivity contribution < 1.29 is 8.83 Å². The van der Waals surface area contributed by atoms with Crippen LogP contribution in [0.2, 0.25) is 0 Å². The molecule has 0 atom stereocenters. The first-order chi connectivity index (χ1) is 40.0. The number of fused-ring (bicyclic) bond motifs is 20. The zero-order valence-electron chi connectivity index (χ0n) is 50.0. The fourth-order valence-corrected chi connectivity index (χ4v) is 17.9. The molecule has 10 aromatic carbocycles. The van der Waals surface area contributed by atoms with E-state index < -0.39 is 0 Å². The van der Waals surface area contributed by atoms with Crippen LogP contribution in [0.5, 0.6) is 0 Å². The van der Waals surface area contributed by atoms with Crippen molar-refractivity contribution in [3.8, 4) is 55.6 Å². The summed E-state index contributed by atoms with van der Waals surface area (Å²) in [5, 5.41) is 4.86. The van der Waals surface area contributed by atoms with E-state index in [4.69, 9.17) is 8.83 Å². The Morgan fingerprint density at radius 2 is 0.711 bits per heavy atom. The van der Waals surface area contributed by atoms with Gasteiger partial charge in [-0.15, -0.1) is 0 Å². The van der Waals surface area contributed by atoms with Gasteiger partial charge < -0.3 is 13.7 Å². The molecule has 83 heavy (non-hydrogen) atoms. The normalized spacial score (nSPS) is 16.0. The fraction of sp³-hybridized carbons (Fsp3) is 0.250. The number of nitrogens with zero attached hydrogens (tertiary/aromatic N) is 1. The fourth-order valence-electron chi connectivity index (χ4n) is 17.9. The molecule has 12 aromatic rings. The number of hydrogen-bond acceptors (Lipinski definition) is 3. The molecule has 4 aliphatic carbocycles. The number of para-hydroxylation sites is 3. The Morgan fingerprint density at radius 1 is 0.313 bits per heavy atom. The molecule has 16 rings (SSSR count). The third-order valence-corrected chi connectivity index (χ3v) is 21.4. The summed E-state index contributed by atoms with van der Waals surface area (Å²) in [6, 6.07) is 71.6. The molecule has 0 spiro atoms. The number of rotatable bonds is 8. The second kappa shape index (κ2) is 17.1. The van der Waals surface area contributed by atoms with E-state index in [2.05, 4.69) is 276 Å². The molecule has 4 aliphatic rings. The first-order valence-electron chi connectivity index (χ1n) is 30.5. The third-order valence-electron chi connectivity index (χ3n) is 21.4. The Balaban J connectivity index is 0.882. The van der Waals surface area contributed by atoms with E-state index >= 15 is 0 Å². The van der Waals surface area contributed by atoms with Gasteiger partial charge in [0.25, 0.3) is 0 Å². The van der Waals surface area contributed by atoms with Gasteiger partial charge in [0.15, 0.2) is 0 Å². The van der Waals surface area contributed by atoms with E-state index in [0.29, 0.717) is 23.7 Å². The lowest BCUT2D eigenvalue weighted by Gasteiger charge is -2.40. The molecule has 2 aromatic heterocycles. The van der Waals surface area contributed by atoms with Crippen LogP contribution in [0.1, 0.15) is 128 Å². The second-order valence-electron chi connectivity index (χ2n) is 27.1. The van der Waals surface area contributed by atoms with E-state index in [0.717, 1.165) is 39.4 Å². The van der Waals surface area contributed by atoms with E-state index in [1.165, 1.54) is 122 Å². The molecule has 0 aliphatic heterocycles. The summed E-state index contributed by atoms with van der Waals surface area (Å²) in [6.45, 7) is 29.3. The monoisotopic (exact) mass is 1080 g/mol. The van der Waals surface area contributed by atoms with Crippen LogP contribution in [0.4, 0.5) is 17.1 Å². The zero-order valence-corrected chi connectivity index (χ0v) is 50.0. The van der Waals surface area contributed by atoms with Crippen molar-refractivity contribution in [1.82, 2.24) is 0 Å². The molecule has 0 unspecified atom stereocenters. The predicted octanol–water partition coefficient (Wildman–Crippen LogP) is 22.4. The molecule has 0 amide bonds. The Hall–Kier alpha value is -8.40. The third kappa shape index (κ3) is 6.31. The lowest BCUT2D eigenvalue weighted by molar-refractivity contribution is 0.280. The summed E-state index contributed by atoms with van der Waals surface area (Å²) in [7, 11) is 0. The summed E-state index contributed by atoms with van der Waals surface area (Å²) in [6.07, 6.45) is 0.